The molecule has 1 heterocycles. The fourth-order valence-corrected chi connectivity index (χ4v) is 0.906. The van der Waals surface area contributed by atoms with Gasteiger partial charge in [-0.2, -0.15) is 4.99 Å². The van der Waals surface area contributed by atoms with Gasteiger partial charge >= 0.3 is 0 Å². The van der Waals surface area contributed by atoms with Gasteiger partial charge < -0.3 is 15.9 Å². The summed E-state index contributed by atoms with van der Waals surface area (Å²) in [5, 5.41) is 19.7. The van der Waals surface area contributed by atoms with Crippen molar-refractivity contribution < 1.29 is 19.8 Å². The monoisotopic (exact) mass is 187 g/mol. The summed E-state index contributed by atoms with van der Waals surface area (Å²) < 4.78 is 0. The van der Waals surface area contributed by atoms with E-state index < -0.39 is 30.4 Å². The number of aliphatic hydroxyl groups excluding tert-OH is 2. The third-order valence-corrected chi connectivity index (χ3v) is 1.85. The molecule has 1 rings (SSSR count). The second-order valence-electron chi connectivity index (χ2n) is 2.65. The van der Waals surface area contributed by atoms with Crippen LogP contribution in [0, 0.1) is 5.41 Å². The number of aliphatic imine (C=N–C) groups is 1. The lowest BCUT2D eigenvalue weighted by Gasteiger charge is -2.27. The lowest BCUT2D eigenvalue weighted by molar-refractivity contribution is -0.147. The van der Waals surface area contributed by atoms with Crippen molar-refractivity contribution in [3.05, 3.63) is 0 Å². The molecule has 7 nitrogen and oxygen atoms in total. The standard InChI is InChI=1S/C6H9N3O4/c7-5-8-3(12)6(1-10,2-11)4(13)9-5/h10-11H,1-2H2,(H3,7,8,9,12,13). The zero-order chi connectivity index (χ0) is 10.1. The summed E-state index contributed by atoms with van der Waals surface area (Å²) in [7, 11) is 0. The third-order valence-electron chi connectivity index (χ3n) is 1.85. The molecule has 0 aromatic heterocycles. The third kappa shape index (κ3) is 1.27. The van der Waals surface area contributed by atoms with E-state index in [4.69, 9.17) is 15.9 Å². The van der Waals surface area contributed by atoms with E-state index in [2.05, 4.69) is 10.3 Å². The molecule has 0 radical (unpaired) electrons. The van der Waals surface area contributed by atoms with Crippen molar-refractivity contribution in [2.75, 3.05) is 13.2 Å². The molecule has 1 aliphatic rings. The Labute approximate surface area is 73.3 Å². The van der Waals surface area contributed by atoms with E-state index in [-0.39, 0.29) is 5.96 Å². The SMILES string of the molecule is NC1=NC(=O)C(CO)(CO)C(=O)N1. The maximum Gasteiger partial charge on any atom is 0.269 e. The molecule has 0 saturated carbocycles. The smallest absolute Gasteiger partial charge is 0.269 e. The molecule has 0 spiro atoms. The van der Waals surface area contributed by atoms with E-state index in [9.17, 15) is 9.59 Å². The maximum absolute atomic E-state index is 11.2. The number of guanidine groups is 1. The minimum Gasteiger partial charge on any atom is -0.395 e. The molecule has 0 fully saturated rings. The Morgan fingerprint density at radius 2 is 1.92 bits per heavy atom. The highest BCUT2D eigenvalue weighted by Crippen LogP contribution is 2.20. The molecule has 0 aromatic carbocycles. The Morgan fingerprint density at radius 1 is 1.38 bits per heavy atom. The van der Waals surface area contributed by atoms with Gasteiger partial charge in [-0.15, -0.1) is 0 Å². The van der Waals surface area contributed by atoms with E-state index in [1.807, 2.05) is 0 Å². The normalized spacial score (nSPS) is 20.9. The number of nitrogens with two attached hydrogens (primary N) is 1. The van der Waals surface area contributed by atoms with Crippen LogP contribution in [-0.2, 0) is 9.59 Å². The van der Waals surface area contributed by atoms with Crippen molar-refractivity contribution in [3.8, 4) is 0 Å². The van der Waals surface area contributed by atoms with Crippen LogP contribution in [0.4, 0.5) is 0 Å². The number of rotatable bonds is 2. The maximum atomic E-state index is 11.2. The van der Waals surface area contributed by atoms with Crippen LogP contribution in [0.25, 0.3) is 0 Å². The molecule has 1 aliphatic heterocycles. The number of carbonyl (C=O) groups is 2. The van der Waals surface area contributed by atoms with Gasteiger partial charge in [0.15, 0.2) is 5.41 Å². The van der Waals surface area contributed by atoms with Gasteiger partial charge in [-0.05, 0) is 0 Å². The first-order chi connectivity index (χ1) is 6.06. The predicted molar refractivity (Wildman–Crippen MR) is 41.4 cm³/mol. The average molecular weight is 187 g/mol. The molecule has 0 bridgehead atoms. The lowest BCUT2D eigenvalue weighted by Crippen LogP contribution is -2.58. The van der Waals surface area contributed by atoms with Crippen LogP contribution in [-0.4, -0.2) is 41.2 Å². The van der Waals surface area contributed by atoms with Gasteiger partial charge in [-0.25, -0.2) is 0 Å². The van der Waals surface area contributed by atoms with Crippen molar-refractivity contribution >= 4 is 17.8 Å². The van der Waals surface area contributed by atoms with Crippen molar-refractivity contribution in [2.24, 2.45) is 16.1 Å². The van der Waals surface area contributed by atoms with Gasteiger partial charge in [0.1, 0.15) is 0 Å². The fourth-order valence-electron chi connectivity index (χ4n) is 0.906. The summed E-state index contributed by atoms with van der Waals surface area (Å²) in [4.78, 5) is 25.6. The van der Waals surface area contributed by atoms with Crippen LogP contribution >= 0.6 is 0 Å². The Kier molecular flexibility index (Phi) is 2.30. The zero-order valence-electron chi connectivity index (χ0n) is 6.65. The molecule has 0 atom stereocenters. The summed E-state index contributed by atoms with van der Waals surface area (Å²) in [6, 6.07) is 0. The molecule has 13 heavy (non-hydrogen) atoms. The number of hydrogen-bond donors (Lipinski definition) is 4. The highest BCUT2D eigenvalue weighted by molar-refractivity contribution is 6.18. The molecule has 0 unspecified atom stereocenters. The highest BCUT2D eigenvalue weighted by Gasteiger charge is 2.48. The molecule has 7 heteroatoms. The van der Waals surface area contributed by atoms with Crippen molar-refractivity contribution in [2.45, 2.75) is 0 Å². The molecular formula is C6H9N3O4. The molecule has 0 aromatic rings. The largest absolute Gasteiger partial charge is 0.395 e. The quantitative estimate of drug-likeness (QED) is 0.341. The van der Waals surface area contributed by atoms with Crippen LogP contribution < -0.4 is 11.1 Å². The van der Waals surface area contributed by atoms with Gasteiger partial charge in [0, 0.05) is 0 Å². The van der Waals surface area contributed by atoms with E-state index in [1.165, 1.54) is 0 Å². The molecule has 72 valence electrons. The Bertz CT molecular complexity index is 282. The Balaban J connectivity index is 3.11. The van der Waals surface area contributed by atoms with Gasteiger partial charge in [0.05, 0.1) is 13.2 Å². The lowest BCUT2D eigenvalue weighted by atomic mass is 9.87. The highest BCUT2D eigenvalue weighted by atomic mass is 16.3. The summed E-state index contributed by atoms with van der Waals surface area (Å²) in [5.41, 5.74) is 3.19. The predicted octanol–water partition coefficient (Wildman–Crippen LogP) is -3.07. The summed E-state index contributed by atoms with van der Waals surface area (Å²) in [6.45, 7) is -1.60. The number of nitrogens with zero attached hydrogens (tertiary/aromatic N) is 1. The molecule has 0 aliphatic carbocycles. The van der Waals surface area contributed by atoms with Crippen molar-refractivity contribution in [1.82, 2.24) is 5.32 Å². The first-order valence-corrected chi connectivity index (χ1v) is 3.48. The van der Waals surface area contributed by atoms with E-state index in [1.54, 1.807) is 0 Å². The van der Waals surface area contributed by atoms with Gasteiger partial charge in [-0.3, -0.25) is 14.9 Å². The molecule has 0 saturated heterocycles. The first kappa shape index (κ1) is 9.62. The number of nitrogens with one attached hydrogen (secondary N) is 1. The van der Waals surface area contributed by atoms with Gasteiger partial charge in [0.2, 0.25) is 11.9 Å². The van der Waals surface area contributed by atoms with Crippen molar-refractivity contribution in [3.63, 3.8) is 0 Å². The zero-order valence-corrected chi connectivity index (χ0v) is 6.65. The Hall–Kier alpha value is -1.47. The Morgan fingerprint density at radius 3 is 2.31 bits per heavy atom. The minimum absolute atomic E-state index is 0.326. The second-order valence-corrected chi connectivity index (χ2v) is 2.65. The second kappa shape index (κ2) is 3.11. The topological polar surface area (TPSA) is 125 Å². The number of hydrogen-bond acceptors (Lipinski definition) is 5. The summed E-state index contributed by atoms with van der Waals surface area (Å²) in [5.74, 6) is -2.10. The van der Waals surface area contributed by atoms with Crippen LogP contribution in [0.2, 0.25) is 0 Å². The number of amides is 2. The number of aliphatic hydroxyl groups is 2. The molecule has 5 N–H and O–H groups in total. The fraction of sp³-hybridized carbons (Fsp3) is 0.500. The van der Waals surface area contributed by atoms with Crippen LogP contribution in [0.5, 0.6) is 0 Å². The van der Waals surface area contributed by atoms with E-state index >= 15 is 0 Å². The minimum atomic E-state index is -1.89. The van der Waals surface area contributed by atoms with Crippen molar-refractivity contribution in [1.29, 1.82) is 0 Å². The van der Waals surface area contributed by atoms with Gasteiger partial charge in [0.25, 0.3) is 5.91 Å². The van der Waals surface area contributed by atoms with E-state index in [0.29, 0.717) is 0 Å². The number of carbonyl (C=O) groups excluding carboxylic acids is 2. The first-order valence-electron chi connectivity index (χ1n) is 3.48. The van der Waals surface area contributed by atoms with E-state index in [0.717, 1.165) is 0 Å². The van der Waals surface area contributed by atoms with Crippen LogP contribution in [0.15, 0.2) is 4.99 Å². The molecule has 2 amide bonds. The summed E-state index contributed by atoms with van der Waals surface area (Å²) in [6.07, 6.45) is 0. The van der Waals surface area contributed by atoms with Gasteiger partial charge in [-0.1, -0.05) is 0 Å². The van der Waals surface area contributed by atoms with Crippen LogP contribution in [0.3, 0.4) is 0 Å². The molecular weight excluding hydrogens is 178 g/mol. The summed E-state index contributed by atoms with van der Waals surface area (Å²) >= 11 is 0. The van der Waals surface area contributed by atoms with Crippen LogP contribution in [0.1, 0.15) is 0 Å². The average Bonchev–Trinajstić information content (AvgIpc) is 2.05.